The summed E-state index contributed by atoms with van der Waals surface area (Å²) in [7, 11) is 0. The van der Waals surface area contributed by atoms with Gasteiger partial charge >= 0.3 is 0 Å². The molecule has 0 saturated carbocycles. The second-order valence-electron chi connectivity index (χ2n) is 3.60. The molecule has 0 spiro atoms. The molecule has 0 unspecified atom stereocenters. The lowest BCUT2D eigenvalue weighted by molar-refractivity contribution is 0.429. The summed E-state index contributed by atoms with van der Waals surface area (Å²) in [5, 5.41) is 7.61. The summed E-state index contributed by atoms with van der Waals surface area (Å²) in [6, 6.07) is 0. The van der Waals surface area contributed by atoms with Crippen molar-refractivity contribution in [1.29, 1.82) is 5.41 Å². The maximum Gasteiger partial charge on any atom is 0.0958 e. The highest BCUT2D eigenvalue weighted by atomic mass is 15.2. The minimum absolute atomic E-state index is 0.867. The van der Waals surface area contributed by atoms with Gasteiger partial charge in [-0.15, -0.1) is 0 Å². The van der Waals surface area contributed by atoms with Gasteiger partial charge in [-0.2, -0.15) is 0 Å². The SMILES string of the molecule is CCCCCCN1CCCC1=N. The minimum Gasteiger partial charge on any atom is -0.361 e. The third kappa shape index (κ3) is 2.84. The van der Waals surface area contributed by atoms with Crippen LogP contribution in [0, 0.1) is 5.41 Å². The Hall–Kier alpha value is -0.530. The zero-order valence-corrected chi connectivity index (χ0v) is 8.10. The first kappa shape index (κ1) is 9.56. The van der Waals surface area contributed by atoms with Crippen molar-refractivity contribution in [2.24, 2.45) is 0 Å². The van der Waals surface area contributed by atoms with E-state index in [0.717, 1.165) is 25.3 Å². The number of hydrogen-bond acceptors (Lipinski definition) is 1. The Morgan fingerprint density at radius 2 is 2.17 bits per heavy atom. The molecule has 1 heterocycles. The summed E-state index contributed by atoms with van der Waals surface area (Å²) in [5.41, 5.74) is 0. The van der Waals surface area contributed by atoms with Gasteiger partial charge in [0.15, 0.2) is 0 Å². The van der Waals surface area contributed by atoms with E-state index in [1.807, 2.05) is 0 Å². The fourth-order valence-electron chi connectivity index (χ4n) is 1.71. The van der Waals surface area contributed by atoms with Crippen molar-refractivity contribution in [2.75, 3.05) is 13.1 Å². The highest BCUT2D eigenvalue weighted by Crippen LogP contribution is 2.11. The molecule has 70 valence electrons. The Balaban J connectivity index is 2.02. The number of amidine groups is 1. The van der Waals surface area contributed by atoms with Crippen molar-refractivity contribution in [3.8, 4) is 0 Å². The molecule has 1 N–H and O–H groups in total. The van der Waals surface area contributed by atoms with Crippen LogP contribution in [0.5, 0.6) is 0 Å². The molecule has 2 heteroatoms. The summed E-state index contributed by atoms with van der Waals surface area (Å²) >= 11 is 0. The van der Waals surface area contributed by atoms with Crippen molar-refractivity contribution in [2.45, 2.75) is 45.4 Å². The third-order valence-electron chi connectivity index (χ3n) is 2.50. The fraction of sp³-hybridized carbons (Fsp3) is 0.900. The average Bonchev–Trinajstić information content (AvgIpc) is 2.46. The molecule has 0 atom stereocenters. The molecule has 0 aliphatic carbocycles. The molecular formula is C10H20N2. The maximum atomic E-state index is 7.61. The van der Waals surface area contributed by atoms with Crippen LogP contribution in [-0.4, -0.2) is 23.8 Å². The van der Waals surface area contributed by atoms with Gasteiger partial charge in [-0.3, -0.25) is 5.41 Å². The third-order valence-corrected chi connectivity index (χ3v) is 2.50. The number of rotatable bonds is 5. The smallest absolute Gasteiger partial charge is 0.0958 e. The van der Waals surface area contributed by atoms with E-state index in [2.05, 4.69) is 11.8 Å². The van der Waals surface area contributed by atoms with Crippen molar-refractivity contribution in [3.05, 3.63) is 0 Å². The van der Waals surface area contributed by atoms with Crippen LogP contribution in [0.25, 0.3) is 0 Å². The van der Waals surface area contributed by atoms with Gasteiger partial charge in [0.1, 0.15) is 0 Å². The largest absolute Gasteiger partial charge is 0.361 e. The standard InChI is InChI=1S/C10H20N2/c1-2-3-4-5-8-12-9-6-7-10(12)11/h11H,2-9H2,1H3. The molecule has 0 aromatic rings. The van der Waals surface area contributed by atoms with Gasteiger partial charge in [0, 0.05) is 19.5 Å². The second-order valence-corrected chi connectivity index (χ2v) is 3.60. The van der Waals surface area contributed by atoms with Gasteiger partial charge in [-0.1, -0.05) is 26.2 Å². The Morgan fingerprint density at radius 3 is 2.75 bits per heavy atom. The highest BCUT2D eigenvalue weighted by Gasteiger charge is 2.15. The van der Waals surface area contributed by atoms with E-state index in [-0.39, 0.29) is 0 Å². The first-order valence-electron chi connectivity index (χ1n) is 5.17. The van der Waals surface area contributed by atoms with Gasteiger partial charge in [0.2, 0.25) is 0 Å². The molecule has 0 aromatic heterocycles. The summed E-state index contributed by atoms with van der Waals surface area (Å²) in [5.74, 6) is 0.867. The topological polar surface area (TPSA) is 27.1 Å². The summed E-state index contributed by atoms with van der Waals surface area (Å²) in [6.07, 6.45) is 7.47. The van der Waals surface area contributed by atoms with Crippen LogP contribution >= 0.6 is 0 Å². The van der Waals surface area contributed by atoms with Crippen molar-refractivity contribution < 1.29 is 0 Å². The number of nitrogens with zero attached hydrogens (tertiary/aromatic N) is 1. The maximum absolute atomic E-state index is 7.61. The van der Waals surface area contributed by atoms with Gasteiger partial charge in [0.25, 0.3) is 0 Å². The quantitative estimate of drug-likeness (QED) is 0.628. The second kappa shape index (κ2) is 5.18. The number of unbranched alkanes of at least 4 members (excludes halogenated alkanes) is 3. The molecule has 0 bridgehead atoms. The van der Waals surface area contributed by atoms with Crippen LogP contribution in [-0.2, 0) is 0 Å². The van der Waals surface area contributed by atoms with E-state index in [9.17, 15) is 0 Å². The first-order valence-corrected chi connectivity index (χ1v) is 5.17. The zero-order valence-electron chi connectivity index (χ0n) is 8.10. The molecule has 0 aromatic carbocycles. The van der Waals surface area contributed by atoms with Crippen LogP contribution in [0.1, 0.15) is 45.4 Å². The number of nitrogens with one attached hydrogen (secondary N) is 1. The number of likely N-dealkylation sites (tertiary alicyclic amines) is 1. The molecule has 1 aliphatic heterocycles. The van der Waals surface area contributed by atoms with Crippen molar-refractivity contribution in [3.63, 3.8) is 0 Å². The van der Waals surface area contributed by atoms with E-state index in [0.29, 0.717) is 0 Å². The van der Waals surface area contributed by atoms with Crippen LogP contribution in [0.3, 0.4) is 0 Å². The Kier molecular flexibility index (Phi) is 4.12. The minimum atomic E-state index is 0.867. The van der Waals surface area contributed by atoms with Gasteiger partial charge < -0.3 is 4.90 Å². The van der Waals surface area contributed by atoms with Crippen LogP contribution in [0.4, 0.5) is 0 Å². The van der Waals surface area contributed by atoms with Gasteiger partial charge in [-0.05, 0) is 12.8 Å². The molecule has 0 amide bonds. The molecule has 0 radical (unpaired) electrons. The van der Waals surface area contributed by atoms with E-state index in [4.69, 9.17) is 5.41 Å². The Bertz CT molecular complexity index is 143. The van der Waals surface area contributed by atoms with Crippen LogP contribution in [0.15, 0.2) is 0 Å². The fourth-order valence-corrected chi connectivity index (χ4v) is 1.71. The monoisotopic (exact) mass is 168 g/mol. The predicted molar refractivity (Wildman–Crippen MR) is 52.7 cm³/mol. The van der Waals surface area contributed by atoms with Crippen molar-refractivity contribution >= 4 is 5.84 Å². The van der Waals surface area contributed by atoms with Crippen LogP contribution in [0.2, 0.25) is 0 Å². The van der Waals surface area contributed by atoms with Gasteiger partial charge in [0.05, 0.1) is 5.84 Å². The van der Waals surface area contributed by atoms with E-state index in [1.54, 1.807) is 0 Å². The lowest BCUT2D eigenvalue weighted by Gasteiger charge is -2.16. The molecule has 1 rings (SSSR count). The first-order chi connectivity index (χ1) is 5.84. The number of hydrogen-bond donors (Lipinski definition) is 1. The van der Waals surface area contributed by atoms with Crippen molar-refractivity contribution in [1.82, 2.24) is 4.90 Å². The van der Waals surface area contributed by atoms with E-state index in [1.165, 1.54) is 32.1 Å². The summed E-state index contributed by atoms with van der Waals surface area (Å²) < 4.78 is 0. The molecular weight excluding hydrogens is 148 g/mol. The van der Waals surface area contributed by atoms with Gasteiger partial charge in [-0.25, -0.2) is 0 Å². The normalized spacial score (nSPS) is 17.4. The summed E-state index contributed by atoms with van der Waals surface area (Å²) in [4.78, 5) is 2.23. The lowest BCUT2D eigenvalue weighted by atomic mass is 10.2. The highest BCUT2D eigenvalue weighted by molar-refractivity contribution is 5.80. The Labute approximate surface area is 75.5 Å². The van der Waals surface area contributed by atoms with Crippen LogP contribution < -0.4 is 0 Å². The molecule has 1 fully saturated rings. The molecule has 1 saturated heterocycles. The average molecular weight is 168 g/mol. The zero-order chi connectivity index (χ0) is 8.81. The molecule has 12 heavy (non-hydrogen) atoms. The lowest BCUT2D eigenvalue weighted by Crippen LogP contribution is -2.24. The summed E-state index contributed by atoms with van der Waals surface area (Å²) in [6.45, 7) is 4.49. The Morgan fingerprint density at radius 1 is 1.33 bits per heavy atom. The van der Waals surface area contributed by atoms with E-state index >= 15 is 0 Å². The molecule has 1 aliphatic rings. The molecule has 2 nitrogen and oxygen atoms in total. The van der Waals surface area contributed by atoms with E-state index < -0.39 is 0 Å². The predicted octanol–water partition coefficient (Wildman–Crippen LogP) is 2.64.